The molecule has 0 bridgehead atoms. The van der Waals surface area contributed by atoms with Crippen LogP contribution in [0.4, 0.5) is 0 Å². The van der Waals surface area contributed by atoms with E-state index in [-0.39, 0.29) is 12.2 Å². The molecule has 0 aliphatic carbocycles. The maximum absolute atomic E-state index is 12.8. The van der Waals surface area contributed by atoms with E-state index >= 15 is 0 Å². The molecular weight excluding hydrogens is 534 g/mol. The molecule has 0 saturated heterocycles. The van der Waals surface area contributed by atoms with Gasteiger partial charge in [-0.25, -0.2) is 4.79 Å². The summed E-state index contributed by atoms with van der Waals surface area (Å²) in [4.78, 5) is 24.2. The first-order valence-electron chi connectivity index (χ1n) is 12.3. The minimum absolute atomic E-state index is 0.185. The molecule has 8 heteroatoms. The summed E-state index contributed by atoms with van der Waals surface area (Å²) in [5, 5.41) is 11.7. The number of carboxylic acid groups (broad SMARTS) is 1. The number of hydrogen-bond acceptors (Lipinski definition) is 5. The van der Waals surface area contributed by atoms with Gasteiger partial charge < -0.3 is 19.3 Å². The third kappa shape index (κ3) is 4.96. The van der Waals surface area contributed by atoms with Crippen molar-refractivity contribution in [3.63, 3.8) is 0 Å². The highest BCUT2D eigenvalue weighted by Crippen LogP contribution is 2.39. The number of fused-ring (bicyclic) bond motifs is 2. The fraction of sp³-hybridized carbons (Fsp3) is 0.129. The molecule has 0 saturated carbocycles. The van der Waals surface area contributed by atoms with E-state index in [1.165, 1.54) is 4.90 Å². The van der Waals surface area contributed by atoms with E-state index < -0.39 is 5.97 Å². The Bertz CT molecular complexity index is 1680. The van der Waals surface area contributed by atoms with Gasteiger partial charge in [0.1, 0.15) is 24.7 Å². The lowest BCUT2D eigenvalue weighted by molar-refractivity contribution is -0.194. The van der Waals surface area contributed by atoms with Crippen molar-refractivity contribution in [2.24, 2.45) is 0 Å². The lowest BCUT2D eigenvalue weighted by Gasteiger charge is -2.12. The summed E-state index contributed by atoms with van der Waals surface area (Å²) >= 11 is 8.28. The van der Waals surface area contributed by atoms with E-state index in [0.717, 1.165) is 33.2 Å². The van der Waals surface area contributed by atoms with Crippen LogP contribution in [0.25, 0.3) is 22.0 Å². The number of rotatable bonds is 8. The number of benzene rings is 4. The summed E-state index contributed by atoms with van der Waals surface area (Å²) in [6.07, 6.45) is 2.05. The molecule has 39 heavy (non-hydrogen) atoms. The number of carboxylic acids is 1. The zero-order valence-electron chi connectivity index (χ0n) is 21.0. The van der Waals surface area contributed by atoms with E-state index in [2.05, 4.69) is 24.3 Å². The van der Waals surface area contributed by atoms with Crippen molar-refractivity contribution in [3.8, 4) is 22.6 Å². The number of nitrogens with zero attached hydrogens (tertiary/aromatic N) is 1. The van der Waals surface area contributed by atoms with Gasteiger partial charge in [0.25, 0.3) is 0 Å². The Morgan fingerprint density at radius 2 is 1.85 bits per heavy atom. The summed E-state index contributed by atoms with van der Waals surface area (Å²) in [7, 11) is 0. The molecule has 0 amide bonds. The van der Waals surface area contributed by atoms with Crippen LogP contribution in [-0.2, 0) is 24.6 Å². The number of hydrogen-bond donors (Lipinski definition) is 1. The number of ether oxygens (including phenoxy) is 1. The largest absolute Gasteiger partial charge is 0.489 e. The normalized spacial score (nSPS) is 12.4. The van der Waals surface area contributed by atoms with Crippen molar-refractivity contribution < 1.29 is 24.4 Å². The number of halogens is 1. The van der Waals surface area contributed by atoms with E-state index in [4.69, 9.17) is 26.1 Å². The molecule has 1 N–H and O–H groups in total. The molecule has 0 atom stereocenters. The zero-order chi connectivity index (χ0) is 26.9. The predicted octanol–water partition coefficient (Wildman–Crippen LogP) is 7.83. The molecule has 6 nitrogen and oxygen atoms in total. The van der Waals surface area contributed by atoms with Crippen LogP contribution in [0.15, 0.2) is 89.8 Å². The van der Waals surface area contributed by atoms with Crippen molar-refractivity contribution in [2.45, 2.75) is 24.7 Å². The highest BCUT2D eigenvalue weighted by Gasteiger charge is 2.25. The van der Waals surface area contributed by atoms with Gasteiger partial charge >= 0.3 is 5.97 Å². The Kier molecular flexibility index (Phi) is 6.95. The lowest BCUT2D eigenvalue weighted by Crippen LogP contribution is -2.11. The third-order valence-corrected chi connectivity index (χ3v) is 7.88. The zero-order valence-corrected chi connectivity index (χ0v) is 22.6. The van der Waals surface area contributed by atoms with Gasteiger partial charge in [-0.3, -0.25) is 0 Å². The fourth-order valence-electron chi connectivity index (χ4n) is 4.88. The minimum atomic E-state index is -1.02. The van der Waals surface area contributed by atoms with Crippen molar-refractivity contribution in [3.05, 3.63) is 112 Å². The highest BCUT2D eigenvalue weighted by molar-refractivity contribution is 7.98. The van der Waals surface area contributed by atoms with Crippen molar-refractivity contribution in [1.82, 2.24) is 4.57 Å². The number of aromatic carboxylic acids is 1. The van der Waals surface area contributed by atoms with Crippen LogP contribution in [0, 0.1) is 0 Å². The van der Waals surface area contributed by atoms with Crippen LogP contribution in [0.3, 0.4) is 0 Å². The molecule has 6 rings (SSSR count). The number of aromatic nitrogens is 1. The monoisotopic (exact) mass is 557 g/mol. The number of thioether (sulfide) groups is 1. The molecule has 2 heterocycles. The van der Waals surface area contributed by atoms with E-state index in [0.29, 0.717) is 35.3 Å². The van der Waals surface area contributed by atoms with Crippen LogP contribution < -0.4 is 9.62 Å². The van der Waals surface area contributed by atoms with Gasteiger partial charge in [0.05, 0.1) is 0 Å². The first-order valence-corrected chi connectivity index (χ1v) is 13.9. The van der Waals surface area contributed by atoms with Crippen LogP contribution >= 0.6 is 23.4 Å². The SMILES string of the molecule is CSc1ccc(COc2ccc3c(c2)c(-c2ccccc2)c(C(=O)O)n3Cc2cc3c(cc2Cl)OOC3)cc1. The Labute approximate surface area is 234 Å². The second-order valence-corrected chi connectivity index (χ2v) is 10.5. The smallest absolute Gasteiger partial charge is 0.353 e. The molecule has 0 spiro atoms. The summed E-state index contributed by atoms with van der Waals surface area (Å²) in [5.74, 6) is 0.215. The lowest BCUT2D eigenvalue weighted by atomic mass is 10.0. The second-order valence-electron chi connectivity index (χ2n) is 9.19. The van der Waals surface area contributed by atoms with Crippen LogP contribution in [0.1, 0.15) is 27.2 Å². The van der Waals surface area contributed by atoms with Gasteiger partial charge in [0, 0.05) is 44.6 Å². The fourth-order valence-corrected chi connectivity index (χ4v) is 5.51. The van der Waals surface area contributed by atoms with Gasteiger partial charge in [-0.05, 0) is 59.3 Å². The van der Waals surface area contributed by atoms with E-state index in [1.807, 2.05) is 60.9 Å². The van der Waals surface area contributed by atoms with Crippen molar-refractivity contribution in [1.29, 1.82) is 0 Å². The quantitative estimate of drug-likeness (QED) is 0.155. The maximum Gasteiger partial charge on any atom is 0.353 e. The second kappa shape index (κ2) is 10.7. The van der Waals surface area contributed by atoms with E-state index in [9.17, 15) is 9.90 Å². The summed E-state index contributed by atoms with van der Waals surface area (Å²) in [6.45, 7) is 0.981. The van der Waals surface area contributed by atoms with Crippen molar-refractivity contribution in [2.75, 3.05) is 6.26 Å². The van der Waals surface area contributed by atoms with Gasteiger partial charge in [0.2, 0.25) is 0 Å². The van der Waals surface area contributed by atoms with Gasteiger partial charge in [-0.2, -0.15) is 4.89 Å². The van der Waals surface area contributed by atoms with Crippen LogP contribution in [0.5, 0.6) is 11.5 Å². The summed E-state index contributed by atoms with van der Waals surface area (Å²) < 4.78 is 7.95. The van der Waals surface area contributed by atoms with E-state index in [1.54, 1.807) is 22.4 Å². The molecular formula is C31H24ClNO5S. The molecule has 0 fully saturated rings. The Morgan fingerprint density at radius 3 is 2.59 bits per heavy atom. The molecule has 196 valence electrons. The van der Waals surface area contributed by atoms with Gasteiger partial charge in [0.15, 0.2) is 5.75 Å². The topological polar surface area (TPSA) is 69.9 Å². The highest BCUT2D eigenvalue weighted by atomic mass is 35.5. The van der Waals surface area contributed by atoms with Crippen LogP contribution in [-0.4, -0.2) is 21.9 Å². The standard InChI is InChI=1S/C31H24ClNO5S/c1-39-24-10-7-19(8-11-24)17-36-23-9-12-27-25(14-23)29(20-5-3-2-4-6-20)30(31(34)35)33(27)16-21-13-22-18-37-38-28(22)15-26(21)32/h2-15H,16-18H2,1H3,(H,34,35). The van der Waals surface area contributed by atoms with Gasteiger partial charge in [-0.1, -0.05) is 54.1 Å². The molecule has 5 aromatic rings. The maximum atomic E-state index is 12.8. The first-order chi connectivity index (χ1) is 19.0. The van der Waals surface area contributed by atoms with Gasteiger partial charge in [-0.15, -0.1) is 11.8 Å². The Morgan fingerprint density at radius 1 is 1.05 bits per heavy atom. The Hall–Kier alpha value is -3.91. The average Bonchev–Trinajstić information content (AvgIpc) is 3.54. The molecule has 4 aromatic carbocycles. The first kappa shape index (κ1) is 25.4. The molecule has 1 aromatic heterocycles. The molecule has 1 aliphatic heterocycles. The summed E-state index contributed by atoms with van der Waals surface area (Å²) in [5.41, 5.74) is 5.10. The van der Waals surface area contributed by atoms with Crippen molar-refractivity contribution >= 4 is 40.2 Å². The predicted molar refractivity (Wildman–Crippen MR) is 153 cm³/mol. The molecule has 1 aliphatic rings. The minimum Gasteiger partial charge on any atom is -0.489 e. The number of carbonyl (C=O) groups is 1. The molecule has 0 radical (unpaired) electrons. The molecule has 0 unspecified atom stereocenters. The third-order valence-electron chi connectivity index (χ3n) is 6.79. The van der Waals surface area contributed by atoms with Crippen LogP contribution in [0.2, 0.25) is 5.02 Å². The Balaban J connectivity index is 1.45. The summed E-state index contributed by atoms with van der Waals surface area (Å²) in [6, 6.07) is 27.1. The average molecular weight is 558 g/mol.